The number of hydrogen-bond donors (Lipinski definition) is 1. The summed E-state index contributed by atoms with van der Waals surface area (Å²) in [5, 5.41) is 4.17. The first kappa shape index (κ1) is 14.3. The summed E-state index contributed by atoms with van der Waals surface area (Å²) >= 11 is 6.09. The van der Waals surface area contributed by atoms with Crippen LogP contribution in [0.1, 0.15) is 31.2 Å². The Morgan fingerprint density at radius 3 is 2.60 bits per heavy atom. The first-order valence-electron chi connectivity index (χ1n) is 7.60. The van der Waals surface area contributed by atoms with Crippen molar-refractivity contribution in [1.82, 2.24) is 10.2 Å². The largest absolute Gasteiger partial charge is 0.314 e. The first-order chi connectivity index (χ1) is 9.70. The van der Waals surface area contributed by atoms with Crippen molar-refractivity contribution in [2.45, 2.75) is 38.3 Å². The molecule has 0 atom stereocenters. The van der Waals surface area contributed by atoms with Crippen molar-refractivity contribution in [3.63, 3.8) is 0 Å². The van der Waals surface area contributed by atoms with Gasteiger partial charge in [-0.1, -0.05) is 17.7 Å². The third-order valence-electron chi connectivity index (χ3n) is 4.39. The third kappa shape index (κ3) is 3.94. The number of benzene rings is 1. The van der Waals surface area contributed by atoms with Crippen LogP contribution in [0.3, 0.4) is 0 Å². The van der Waals surface area contributed by atoms with E-state index in [-0.39, 0.29) is 5.82 Å². The van der Waals surface area contributed by atoms with Crippen molar-refractivity contribution in [3.8, 4) is 0 Å². The average Bonchev–Trinajstić information content (AvgIpc) is 3.25. The van der Waals surface area contributed by atoms with Gasteiger partial charge < -0.3 is 5.32 Å². The van der Waals surface area contributed by atoms with Crippen molar-refractivity contribution in [1.29, 1.82) is 0 Å². The molecule has 0 unspecified atom stereocenters. The molecule has 1 aliphatic heterocycles. The minimum absolute atomic E-state index is 0.261. The number of hydrogen-bond acceptors (Lipinski definition) is 2. The summed E-state index contributed by atoms with van der Waals surface area (Å²) in [6, 6.07) is 5.51. The Hall–Kier alpha value is -0.640. The molecule has 4 heteroatoms. The second kappa shape index (κ2) is 6.42. The number of halogens is 2. The van der Waals surface area contributed by atoms with Crippen LogP contribution >= 0.6 is 11.6 Å². The average molecular weight is 297 g/mol. The maximum atomic E-state index is 13.0. The van der Waals surface area contributed by atoms with E-state index in [1.54, 1.807) is 6.07 Å². The van der Waals surface area contributed by atoms with Crippen LogP contribution in [0, 0.1) is 11.7 Å². The highest BCUT2D eigenvalue weighted by atomic mass is 35.5. The molecule has 20 heavy (non-hydrogen) atoms. The van der Waals surface area contributed by atoms with Gasteiger partial charge in [-0.25, -0.2) is 4.39 Å². The lowest BCUT2D eigenvalue weighted by Crippen LogP contribution is -2.37. The molecule has 0 spiro atoms. The molecule has 1 saturated heterocycles. The maximum Gasteiger partial charge on any atom is 0.124 e. The van der Waals surface area contributed by atoms with E-state index in [0.29, 0.717) is 5.02 Å². The van der Waals surface area contributed by atoms with Crippen LogP contribution in [0.4, 0.5) is 4.39 Å². The Balaban J connectivity index is 1.45. The molecule has 3 rings (SSSR count). The molecule has 1 saturated carbocycles. The van der Waals surface area contributed by atoms with Gasteiger partial charge >= 0.3 is 0 Å². The molecule has 1 aromatic rings. The van der Waals surface area contributed by atoms with Crippen molar-refractivity contribution in [3.05, 3.63) is 34.6 Å². The van der Waals surface area contributed by atoms with Crippen molar-refractivity contribution >= 4 is 11.6 Å². The Kier molecular flexibility index (Phi) is 4.59. The van der Waals surface area contributed by atoms with Crippen LogP contribution in [0.5, 0.6) is 0 Å². The van der Waals surface area contributed by atoms with Crippen LogP contribution in [-0.2, 0) is 6.54 Å². The predicted molar refractivity (Wildman–Crippen MR) is 80.4 cm³/mol. The van der Waals surface area contributed by atoms with Gasteiger partial charge in [0, 0.05) is 17.6 Å². The second-order valence-corrected chi connectivity index (χ2v) is 6.54. The fourth-order valence-corrected chi connectivity index (χ4v) is 3.09. The predicted octanol–water partition coefficient (Wildman–Crippen LogP) is 3.44. The molecule has 1 aliphatic carbocycles. The molecule has 2 nitrogen and oxygen atoms in total. The highest BCUT2D eigenvalue weighted by molar-refractivity contribution is 6.31. The van der Waals surface area contributed by atoms with Gasteiger partial charge in [0.25, 0.3) is 0 Å². The van der Waals surface area contributed by atoms with E-state index in [1.807, 2.05) is 0 Å². The van der Waals surface area contributed by atoms with Gasteiger partial charge in [0.2, 0.25) is 0 Å². The molecular weight excluding hydrogens is 275 g/mol. The second-order valence-electron chi connectivity index (χ2n) is 6.14. The molecule has 2 aliphatic rings. The lowest BCUT2D eigenvalue weighted by Gasteiger charge is -2.32. The molecule has 0 bridgehead atoms. The van der Waals surface area contributed by atoms with Crippen molar-refractivity contribution < 1.29 is 4.39 Å². The van der Waals surface area contributed by atoms with E-state index in [1.165, 1.54) is 44.4 Å². The van der Waals surface area contributed by atoms with Gasteiger partial charge in [-0.05, 0) is 68.9 Å². The SMILES string of the molecule is Fc1ccc(CN2CCC(CNC3CC3)CC2)c(Cl)c1. The molecule has 0 aromatic heterocycles. The molecule has 1 aromatic carbocycles. The van der Waals surface area contributed by atoms with Crippen LogP contribution in [0.25, 0.3) is 0 Å². The Bertz CT molecular complexity index is 454. The zero-order valence-corrected chi connectivity index (χ0v) is 12.5. The Morgan fingerprint density at radius 2 is 1.95 bits per heavy atom. The molecule has 1 heterocycles. The summed E-state index contributed by atoms with van der Waals surface area (Å²) in [6.07, 6.45) is 5.22. The molecular formula is C16H22ClFN2. The first-order valence-corrected chi connectivity index (χ1v) is 7.98. The monoisotopic (exact) mass is 296 g/mol. The quantitative estimate of drug-likeness (QED) is 0.895. The summed E-state index contributed by atoms with van der Waals surface area (Å²) < 4.78 is 13.0. The van der Waals surface area contributed by atoms with Gasteiger partial charge in [-0.15, -0.1) is 0 Å². The summed E-state index contributed by atoms with van der Waals surface area (Å²) in [5.74, 6) is 0.555. The van der Waals surface area contributed by atoms with Gasteiger partial charge in [-0.2, -0.15) is 0 Å². The van der Waals surface area contributed by atoms with E-state index in [0.717, 1.165) is 37.2 Å². The number of piperidine rings is 1. The minimum atomic E-state index is -0.261. The lowest BCUT2D eigenvalue weighted by atomic mass is 9.96. The number of likely N-dealkylation sites (tertiary alicyclic amines) is 1. The van der Waals surface area contributed by atoms with Crippen molar-refractivity contribution in [2.75, 3.05) is 19.6 Å². The van der Waals surface area contributed by atoms with E-state index < -0.39 is 0 Å². The molecule has 0 radical (unpaired) electrons. The maximum absolute atomic E-state index is 13.0. The highest BCUT2D eigenvalue weighted by Gasteiger charge is 2.24. The minimum Gasteiger partial charge on any atom is -0.314 e. The van der Waals surface area contributed by atoms with Crippen LogP contribution in [-0.4, -0.2) is 30.6 Å². The zero-order chi connectivity index (χ0) is 13.9. The Labute approximate surface area is 125 Å². The normalized spacial score (nSPS) is 21.3. The fourth-order valence-electron chi connectivity index (χ4n) is 2.86. The zero-order valence-electron chi connectivity index (χ0n) is 11.7. The summed E-state index contributed by atoms with van der Waals surface area (Å²) in [5.41, 5.74) is 1.03. The van der Waals surface area contributed by atoms with E-state index in [2.05, 4.69) is 10.2 Å². The third-order valence-corrected chi connectivity index (χ3v) is 4.74. The van der Waals surface area contributed by atoms with E-state index in [4.69, 9.17) is 11.6 Å². The van der Waals surface area contributed by atoms with E-state index in [9.17, 15) is 4.39 Å². The fraction of sp³-hybridized carbons (Fsp3) is 0.625. The standard InChI is InChI=1S/C16H22ClFN2/c17-16-9-14(18)2-1-13(16)11-20-7-5-12(6-8-20)10-19-15-3-4-15/h1-2,9,12,15,19H,3-8,10-11H2. The molecule has 110 valence electrons. The Morgan fingerprint density at radius 1 is 1.20 bits per heavy atom. The molecule has 1 N–H and O–H groups in total. The van der Waals surface area contributed by atoms with Gasteiger partial charge in [0.1, 0.15) is 5.82 Å². The summed E-state index contributed by atoms with van der Waals surface area (Å²) in [4.78, 5) is 2.42. The van der Waals surface area contributed by atoms with Gasteiger partial charge in [0.05, 0.1) is 0 Å². The smallest absolute Gasteiger partial charge is 0.124 e. The van der Waals surface area contributed by atoms with Crippen molar-refractivity contribution in [2.24, 2.45) is 5.92 Å². The topological polar surface area (TPSA) is 15.3 Å². The lowest BCUT2D eigenvalue weighted by molar-refractivity contribution is 0.175. The number of rotatable bonds is 5. The van der Waals surface area contributed by atoms with Gasteiger partial charge in [0.15, 0.2) is 0 Å². The van der Waals surface area contributed by atoms with E-state index >= 15 is 0 Å². The van der Waals surface area contributed by atoms with Crippen LogP contribution < -0.4 is 5.32 Å². The molecule has 2 fully saturated rings. The number of nitrogens with one attached hydrogen (secondary N) is 1. The number of nitrogens with zero attached hydrogens (tertiary/aromatic N) is 1. The summed E-state index contributed by atoms with van der Waals surface area (Å²) in [6.45, 7) is 4.24. The van der Waals surface area contributed by atoms with Crippen LogP contribution in [0.2, 0.25) is 5.02 Å². The molecule has 0 amide bonds. The van der Waals surface area contributed by atoms with Gasteiger partial charge in [-0.3, -0.25) is 4.90 Å². The highest BCUT2D eigenvalue weighted by Crippen LogP contribution is 2.24. The summed E-state index contributed by atoms with van der Waals surface area (Å²) in [7, 11) is 0. The van der Waals surface area contributed by atoms with Crippen LogP contribution in [0.15, 0.2) is 18.2 Å².